The topological polar surface area (TPSA) is 29.1 Å². The Balaban J connectivity index is 2.25. The van der Waals surface area contributed by atoms with Gasteiger partial charge in [-0.25, -0.2) is 0 Å². The van der Waals surface area contributed by atoms with E-state index in [0.29, 0.717) is 21.3 Å². The molecule has 0 saturated carbocycles. The van der Waals surface area contributed by atoms with E-state index in [-0.39, 0.29) is 5.91 Å². The van der Waals surface area contributed by atoms with E-state index < -0.39 is 0 Å². The van der Waals surface area contributed by atoms with E-state index in [1.807, 2.05) is 19.1 Å². The molecule has 1 amide bonds. The quantitative estimate of drug-likeness (QED) is 0.687. The lowest BCUT2D eigenvalue weighted by Crippen LogP contribution is -2.12. The van der Waals surface area contributed by atoms with Crippen LogP contribution < -0.4 is 5.32 Å². The second-order valence-electron chi connectivity index (χ2n) is 4.07. The van der Waals surface area contributed by atoms with Crippen LogP contribution in [0.4, 0.5) is 5.69 Å². The first-order valence-corrected chi connectivity index (χ1v) is 7.33. The molecule has 19 heavy (non-hydrogen) atoms. The fourth-order valence-corrected chi connectivity index (χ4v) is 2.25. The summed E-state index contributed by atoms with van der Waals surface area (Å²) in [6, 6.07) is 10.6. The largest absolute Gasteiger partial charge is 0.321 e. The third-order valence-electron chi connectivity index (χ3n) is 2.55. The predicted molar refractivity (Wildman–Crippen MR) is 88.3 cm³/mol. The molecule has 0 aliphatic heterocycles. The third-order valence-corrected chi connectivity index (χ3v) is 4.45. The molecule has 0 unspecified atom stereocenters. The van der Waals surface area contributed by atoms with Crippen LogP contribution >= 0.6 is 45.8 Å². The summed E-state index contributed by atoms with van der Waals surface area (Å²) in [5.41, 5.74) is 2.13. The molecule has 0 heterocycles. The van der Waals surface area contributed by atoms with E-state index in [1.165, 1.54) is 0 Å². The summed E-state index contributed by atoms with van der Waals surface area (Å²) in [5, 5.41) is 3.85. The van der Waals surface area contributed by atoms with Crippen molar-refractivity contribution >= 4 is 57.4 Å². The minimum atomic E-state index is -0.231. The highest BCUT2D eigenvalue weighted by molar-refractivity contribution is 14.1. The van der Waals surface area contributed by atoms with Crippen LogP contribution in [-0.4, -0.2) is 5.91 Å². The minimum Gasteiger partial charge on any atom is -0.321 e. The normalized spacial score (nSPS) is 10.3. The molecule has 0 fully saturated rings. The smallest absolute Gasteiger partial charge is 0.255 e. The molecule has 5 heteroatoms. The molecular formula is C14H10Cl2INO. The van der Waals surface area contributed by atoms with Crippen molar-refractivity contribution in [3.05, 3.63) is 61.1 Å². The van der Waals surface area contributed by atoms with Gasteiger partial charge in [0.05, 0.1) is 15.7 Å². The number of carbonyl (C=O) groups is 1. The fourth-order valence-electron chi connectivity index (χ4n) is 1.57. The van der Waals surface area contributed by atoms with Gasteiger partial charge >= 0.3 is 0 Å². The molecule has 98 valence electrons. The van der Waals surface area contributed by atoms with Gasteiger partial charge in [-0.2, -0.15) is 0 Å². The highest BCUT2D eigenvalue weighted by Crippen LogP contribution is 2.24. The maximum atomic E-state index is 12.1. The van der Waals surface area contributed by atoms with Crippen LogP contribution in [0.5, 0.6) is 0 Å². The van der Waals surface area contributed by atoms with Crippen LogP contribution in [0.2, 0.25) is 10.0 Å². The first-order chi connectivity index (χ1) is 8.97. The predicted octanol–water partition coefficient (Wildman–Crippen LogP) is 5.16. The molecule has 0 atom stereocenters. The van der Waals surface area contributed by atoms with E-state index >= 15 is 0 Å². The first-order valence-electron chi connectivity index (χ1n) is 5.50. The average Bonchev–Trinajstić information content (AvgIpc) is 2.37. The van der Waals surface area contributed by atoms with Gasteiger partial charge in [0.25, 0.3) is 5.91 Å². The van der Waals surface area contributed by atoms with Crippen molar-refractivity contribution in [2.45, 2.75) is 6.92 Å². The number of aryl methyl sites for hydroxylation is 1. The van der Waals surface area contributed by atoms with Crippen LogP contribution in [-0.2, 0) is 0 Å². The van der Waals surface area contributed by atoms with Gasteiger partial charge < -0.3 is 5.32 Å². The van der Waals surface area contributed by atoms with E-state index in [9.17, 15) is 4.79 Å². The monoisotopic (exact) mass is 405 g/mol. The molecule has 0 bridgehead atoms. The zero-order chi connectivity index (χ0) is 14.0. The van der Waals surface area contributed by atoms with Gasteiger partial charge in [0, 0.05) is 9.13 Å². The second kappa shape index (κ2) is 6.11. The molecule has 0 aromatic heterocycles. The lowest BCUT2D eigenvalue weighted by Gasteiger charge is -2.08. The van der Waals surface area contributed by atoms with Crippen molar-refractivity contribution < 1.29 is 4.79 Å². The zero-order valence-corrected chi connectivity index (χ0v) is 13.7. The van der Waals surface area contributed by atoms with Crippen LogP contribution in [0.15, 0.2) is 36.4 Å². The van der Waals surface area contributed by atoms with Crippen LogP contribution in [0.25, 0.3) is 0 Å². The molecule has 0 spiro atoms. The highest BCUT2D eigenvalue weighted by atomic mass is 127. The Morgan fingerprint density at radius 3 is 2.53 bits per heavy atom. The molecule has 0 aliphatic carbocycles. The van der Waals surface area contributed by atoms with Gasteiger partial charge in [-0.1, -0.05) is 29.3 Å². The van der Waals surface area contributed by atoms with Gasteiger partial charge in [-0.15, -0.1) is 0 Å². The molecule has 0 saturated heterocycles. The number of hydrogen-bond donors (Lipinski definition) is 1. The van der Waals surface area contributed by atoms with Gasteiger partial charge in [-0.05, 0) is 65.4 Å². The molecule has 2 aromatic carbocycles. The van der Waals surface area contributed by atoms with Crippen molar-refractivity contribution in [2.24, 2.45) is 0 Å². The minimum absolute atomic E-state index is 0.231. The lowest BCUT2D eigenvalue weighted by molar-refractivity contribution is 0.102. The molecule has 0 radical (unpaired) electrons. The Morgan fingerprint density at radius 1 is 1.11 bits per heavy atom. The Labute approximate surface area is 135 Å². The molecular weight excluding hydrogens is 396 g/mol. The maximum absolute atomic E-state index is 12.1. The van der Waals surface area contributed by atoms with Crippen molar-refractivity contribution in [1.82, 2.24) is 0 Å². The second-order valence-corrected chi connectivity index (χ2v) is 6.04. The number of benzene rings is 2. The summed E-state index contributed by atoms with van der Waals surface area (Å²) in [6.45, 7) is 1.94. The van der Waals surface area contributed by atoms with Crippen molar-refractivity contribution in [2.75, 3.05) is 5.32 Å². The van der Waals surface area contributed by atoms with Gasteiger partial charge in [0.15, 0.2) is 0 Å². The van der Waals surface area contributed by atoms with E-state index in [2.05, 4.69) is 27.9 Å². The summed E-state index contributed by atoms with van der Waals surface area (Å²) in [7, 11) is 0. The van der Waals surface area contributed by atoms with Crippen LogP contribution in [0.1, 0.15) is 15.9 Å². The number of nitrogens with one attached hydrogen (secondary N) is 1. The molecule has 2 nitrogen and oxygen atoms in total. The molecule has 0 aliphatic rings. The Morgan fingerprint density at radius 2 is 1.84 bits per heavy atom. The fraction of sp³-hybridized carbons (Fsp3) is 0.0714. The van der Waals surface area contributed by atoms with E-state index in [0.717, 1.165) is 9.13 Å². The van der Waals surface area contributed by atoms with Crippen molar-refractivity contribution in [3.8, 4) is 0 Å². The number of amides is 1. The summed E-state index contributed by atoms with van der Waals surface area (Å²) < 4.78 is 0.907. The summed E-state index contributed by atoms with van der Waals surface area (Å²) in [5.74, 6) is -0.231. The number of hydrogen-bond acceptors (Lipinski definition) is 1. The lowest BCUT2D eigenvalue weighted by atomic mass is 10.2. The van der Waals surface area contributed by atoms with Crippen LogP contribution in [0, 0.1) is 10.5 Å². The summed E-state index contributed by atoms with van der Waals surface area (Å²) in [6.07, 6.45) is 0. The Kier molecular flexibility index (Phi) is 4.71. The Bertz CT molecular complexity index is 643. The molecule has 1 N–H and O–H groups in total. The standard InChI is InChI=1S/C14H10Cl2INO/c1-8-2-4-10(15)13(6-8)18-14(19)9-3-5-12(17)11(16)7-9/h2-7H,1H3,(H,18,19). The molecule has 2 aromatic rings. The third kappa shape index (κ3) is 3.61. The number of halogens is 3. The Hall–Kier alpha value is -0.780. The van der Waals surface area contributed by atoms with Gasteiger partial charge in [0.1, 0.15) is 0 Å². The van der Waals surface area contributed by atoms with Crippen LogP contribution in [0.3, 0.4) is 0 Å². The summed E-state index contributed by atoms with van der Waals surface area (Å²) >= 11 is 14.2. The van der Waals surface area contributed by atoms with Crippen molar-refractivity contribution in [3.63, 3.8) is 0 Å². The SMILES string of the molecule is Cc1ccc(Cl)c(NC(=O)c2ccc(I)c(Cl)c2)c1. The van der Waals surface area contributed by atoms with Crippen molar-refractivity contribution in [1.29, 1.82) is 0 Å². The average molecular weight is 406 g/mol. The van der Waals surface area contributed by atoms with Gasteiger partial charge in [-0.3, -0.25) is 4.79 Å². The summed E-state index contributed by atoms with van der Waals surface area (Å²) in [4.78, 5) is 12.1. The maximum Gasteiger partial charge on any atom is 0.255 e. The number of carbonyl (C=O) groups excluding carboxylic acids is 1. The number of rotatable bonds is 2. The number of anilines is 1. The van der Waals surface area contributed by atoms with E-state index in [4.69, 9.17) is 23.2 Å². The highest BCUT2D eigenvalue weighted by Gasteiger charge is 2.10. The van der Waals surface area contributed by atoms with E-state index in [1.54, 1.807) is 24.3 Å². The zero-order valence-electron chi connectivity index (χ0n) is 10.0. The molecule has 2 rings (SSSR count). The first kappa shape index (κ1) is 14.6. The van der Waals surface area contributed by atoms with Gasteiger partial charge in [0.2, 0.25) is 0 Å².